The number of alkyl carbamates (subject to hydrolysis) is 1. The zero-order chi connectivity index (χ0) is 21.6. The lowest BCUT2D eigenvalue weighted by Gasteiger charge is -2.19. The van der Waals surface area contributed by atoms with Crippen molar-refractivity contribution in [1.82, 2.24) is 5.32 Å². The van der Waals surface area contributed by atoms with E-state index in [4.69, 9.17) is 14.2 Å². The Labute approximate surface area is 180 Å². The van der Waals surface area contributed by atoms with Crippen LogP contribution in [0.2, 0.25) is 0 Å². The van der Waals surface area contributed by atoms with Crippen LogP contribution in [0.5, 0.6) is 5.75 Å². The monoisotopic (exact) mass is 417 g/mol. The van der Waals surface area contributed by atoms with Crippen molar-refractivity contribution in [2.24, 2.45) is 0 Å². The van der Waals surface area contributed by atoms with Crippen LogP contribution in [0, 0.1) is 0 Å². The fraction of sp³-hybridized carbons (Fsp3) is 0.200. The molecule has 0 heterocycles. The van der Waals surface area contributed by atoms with Gasteiger partial charge in [0, 0.05) is 5.92 Å². The van der Waals surface area contributed by atoms with Crippen molar-refractivity contribution in [3.8, 4) is 16.9 Å². The van der Waals surface area contributed by atoms with E-state index in [1.807, 2.05) is 54.6 Å². The highest BCUT2D eigenvalue weighted by Gasteiger charge is 2.30. The van der Waals surface area contributed by atoms with Crippen LogP contribution in [0.1, 0.15) is 17.0 Å². The quantitative estimate of drug-likeness (QED) is 0.585. The second-order valence-corrected chi connectivity index (χ2v) is 7.17. The Kier molecular flexibility index (Phi) is 6.17. The Hall–Kier alpha value is -3.80. The van der Waals surface area contributed by atoms with Crippen molar-refractivity contribution in [2.75, 3.05) is 20.3 Å². The fourth-order valence-electron chi connectivity index (χ4n) is 3.79. The molecule has 1 N–H and O–H groups in total. The number of ether oxygens (including phenoxy) is 3. The van der Waals surface area contributed by atoms with Crippen LogP contribution in [-0.2, 0) is 14.3 Å². The van der Waals surface area contributed by atoms with E-state index in [1.54, 1.807) is 12.1 Å². The molecule has 1 amide bonds. The van der Waals surface area contributed by atoms with Gasteiger partial charge in [0.25, 0.3) is 0 Å². The number of methoxy groups -OCH3 is 1. The minimum Gasteiger partial charge on any atom is -0.491 e. The topological polar surface area (TPSA) is 73.9 Å². The van der Waals surface area contributed by atoms with Gasteiger partial charge in [-0.1, -0.05) is 66.7 Å². The Balaban J connectivity index is 1.40. The van der Waals surface area contributed by atoms with E-state index in [2.05, 4.69) is 17.4 Å². The Morgan fingerprint density at radius 2 is 1.45 bits per heavy atom. The Morgan fingerprint density at radius 3 is 2.06 bits per heavy atom. The molecule has 1 aliphatic carbocycles. The standard InChI is InChI=1S/C25H23NO5/c1-29-24(27)23(16-30-17-9-3-2-4-10-17)26-25(28)31-15-22-20-13-7-5-11-18(20)19-12-6-8-14-21(19)22/h2-14,22-23H,15-16H2,1H3,(H,26,28)/t23-/m0/s1. The first-order chi connectivity index (χ1) is 15.2. The summed E-state index contributed by atoms with van der Waals surface area (Å²) in [7, 11) is 1.26. The predicted octanol–water partition coefficient (Wildman–Crippen LogP) is 4.15. The number of para-hydroxylation sites is 1. The smallest absolute Gasteiger partial charge is 0.407 e. The van der Waals surface area contributed by atoms with Gasteiger partial charge < -0.3 is 19.5 Å². The molecule has 3 aromatic rings. The van der Waals surface area contributed by atoms with Crippen LogP contribution < -0.4 is 10.1 Å². The zero-order valence-electron chi connectivity index (χ0n) is 17.1. The number of esters is 1. The van der Waals surface area contributed by atoms with Crippen LogP contribution in [0.4, 0.5) is 4.79 Å². The molecule has 0 aliphatic heterocycles. The van der Waals surface area contributed by atoms with E-state index in [0.717, 1.165) is 22.3 Å². The van der Waals surface area contributed by atoms with Crippen LogP contribution >= 0.6 is 0 Å². The summed E-state index contributed by atoms with van der Waals surface area (Å²) < 4.78 is 15.9. The number of carbonyl (C=O) groups is 2. The van der Waals surface area contributed by atoms with E-state index < -0.39 is 18.1 Å². The molecular weight excluding hydrogens is 394 g/mol. The zero-order valence-corrected chi connectivity index (χ0v) is 17.1. The molecule has 6 heteroatoms. The molecule has 6 nitrogen and oxygen atoms in total. The number of hydrogen-bond donors (Lipinski definition) is 1. The second-order valence-electron chi connectivity index (χ2n) is 7.17. The third-order valence-corrected chi connectivity index (χ3v) is 5.28. The van der Waals surface area contributed by atoms with Crippen LogP contribution in [0.15, 0.2) is 78.9 Å². The minimum absolute atomic E-state index is 0.0599. The van der Waals surface area contributed by atoms with E-state index in [9.17, 15) is 9.59 Å². The van der Waals surface area contributed by atoms with Crippen molar-refractivity contribution in [3.05, 3.63) is 90.0 Å². The average Bonchev–Trinajstić information content (AvgIpc) is 3.14. The molecule has 0 aromatic heterocycles. The summed E-state index contributed by atoms with van der Waals surface area (Å²) in [5.41, 5.74) is 4.54. The van der Waals surface area contributed by atoms with Gasteiger partial charge in [-0.3, -0.25) is 0 Å². The molecule has 31 heavy (non-hydrogen) atoms. The summed E-state index contributed by atoms with van der Waals surface area (Å²) in [6.07, 6.45) is -0.700. The maximum atomic E-state index is 12.5. The number of amides is 1. The third-order valence-electron chi connectivity index (χ3n) is 5.28. The first-order valence-corrected chi connectivity index (χ1v) is 10.0. The highest BCUT2D eigenvalue weighted by atomic mass is 16.6. The summed E-state index contributed by atoms with van der Waals surface area (Å²) in [5.74, 6) is -0.0783. The summed E-state index contributed by atoms with van der Waals surface area (Å²) in [5, 5.41) is 2.55. The van der Waals surface area contributed by atoms with Gasteiger partial charge in [-0.15, -0.1) is 0 Å². The van der Waals surface area contributed by atoms with Gasteiger partial charge in [-0.05, 0) is 34.4 Å². The third kappa shape index (κ3) is 4.53. The molecule has 4 rings (SSSR count). The number of fused-ring (bicyclic) bond motifs is 3. The van der Waals surface area contributed by atoms with Gasteiger partial charge in [0.1, 0.15) is 19.0 Å². The Morgan fingerprint density at radius 1 is 0.871 bits per heavy atom. The fourth-order valence-corrected chi connectivity index (χ4v) is 3.79. The Bertz CT molecular complexity index is 1020. The second kappa shape index (κ2) is 9.34. The normalized spacial score (nSPS) is 12.9. The van der Waals surface area contributed by atoms with Gasteiger partial charge in [0.2, 0.25) is 0 Å². The molecule has 158 valence electrons. The molecule has 0 saturated carbocycles. The first-order valence-electron chi connectivity index (χ1n) is 10.0. The van der Waals surface area contributed by atoms with Crippen LogP contribution in [-0.4, -0.2) is 38.4 Å². The molecule has 1 atom stereocenters. The lowest BCUT2D eigenvalue weighted by Crippen LogP contribution is -2.45. The number of nitrogens with one attached hydrogen (secondary N) is 1. The number of rotatable bonds is 7. The van der Waals surface area contributed by atoms with E-state index in [0.29, 0.717) is 5.75 Å². The summed E-state index contributed by atoms with van der Waals surface area (Å²) in [6.45, 7) is 0.0914. The van der Waals surface area contributed by atoms with Crippen LogP contribution in [0.25, 0.3) is 11.1 Å². The SMILES string of the molecule is COC(=O)[C@H](COc1ccccc1)NC(=O)OCC1c2ccccc2-c2ccccc21. The molecule has 0 spiro atoms. The average molecular weight is 417 g/mol. The minimum atomic E-state index is -0.985. The van der Waals surface area contributed by atoms with Gasteiger partial charge in [-0.2, -0.15) is 0 Å². The van der Waals surface area contributed by atoms with Crippen molar-refractivity contribution >= 4 is 12.1 Å². The molecule has 0 bridgehead atoms. The van der Waals surface area contributed by atoms with E-state index in [-0.39, 0.29) is 19.1 Å². The van der Waals surface area contributed by atoms with Gasteiger partial charge in [-0.25, -0.2) is 9.59 Å². The van der Waals surface area contributed by atoms with Crippen molar-refractivity contribution in [2.45, 2.75) is 12.0 Å². The largest absolute Gasteiger partial charge is 0.491 e. The first kappa shape index (κ1) is 20.5. The highest BCUT2D eigenvalue weighted by Crippen LogP contribution is 2.44. The molecule has 0 saturated heterocycles. The molecule has 3 aromatic carbocycles. The molecule has 0 radical (unpaired) electrons. The number of benzene rings is 3. The summed E-state index contributed by atoms with van der Waals surface area (Å²) in [4.78, 5) is 24.6. The maximum Gasteiger partial charge on any atom is 0.407 e. The lowest BCUT2D eigenvalue weighted by molar-refractivity contribution is -0.143. The van der Waals surface area contributed by atoms with E-state index in [1.165, 1.54) is 7.11 Å². The van der Waals surface area contributed by atoms with Crippen molar-refractivity contribution in [3.63, 3.8) is 0 Å². The maximum absolute atomic E-state index is 12.5. The molecular formula is C25H23NO5. The molecule has 1 aliphatic rings. The number of hydrogen-bond acceptors (Lipinski definition) is 5. The summed E-state index contributed by atoms with van der Waals surface area (Å²) >= 11 is 0. The van der Waals surface area contributed by atoms with E-state index >= 15 is 0 Å². The van der Waals surface area contributed by atoms with Gasteiger partial charge in [0.15, 0.2) is 6.04 Å². The number of carbonyl (C=O) groups excluding carboxylic acids is 2. The van der Waals surface area contributed by atoms with Crippen LogP contribution in [0.3, 0.4) is 0 Å². The van der Waals surface area contributed by atoms with Crippen molar-refractivity contribution in [1.29, 1.82) is 0 Å². The lowest BCUT2D eigenvalue weighted by atomic mass is 9.98. The van der Waals surface area contributed by atoms with Crippen molar-refractivity contribution < 1.29 is 23.8 Å². The highest BCUT2D eigenvalue weighted by molar-refractivity contribution is 5.82. The molecule has 0 unspecified atom stereocenters. The van der Waals surface area contributed by atoms with Gasteiger partial charge in [0.05, 0.1) is 7.11 Å². The molecule has 0 fully saturated rings. The predicted molar refractivity (Wildman–Crippen MR) is 116 cm³/mol. The van der Waals surface area contributed by atoms with Gasteiger partial charge >= 0.3 is 12.1 Å². The summed E-state index contributed by atoms with van der Waals surface area (Å²) in [6, 6.07) is 24.2.